The minimum Gasteiger partial charge on any atom is -0.462 e. The number of carbonyl (C=O) groups excluding carboxylic acids is 1. The van der Waals surface area contributed by atoms with Gasteiger partial charge >= 0.3 is 5.97 Å². The Morgan fingerprint density at radius 1 is 1.19 bits per heavy atom. The van der Waals surface area contributed by atoms with Gasteiger partial charge in [0.05, 0.1) is 6.61 Å². The molecule has 0 bridgehead atoms. The minimum absolute atomic E-state index is 0.102. The Balaban J connectivity index is 1.41. The van der Waals surface area contributed by atoms with Crippen molar-refractivity contribution >= 4 is 17.7 Å². The van der Waals surface area contributed by atoms with Crippen LogP contribution in [0.3, 0.4) is 0 Å². The third kappa shape index (κ3) is 2.54. The molecule has 4 heteroatoms. The number of rotatable bonds is 1. The van der Waals surface area contributed by atoms with E-state index in [4.69, 9.17) is 9.47 Å². The van der Waals surface area contributed by atoms with Crippen LogP contribution >= 0.6 is 11.8 Å². The van der Waals surface area contributed by atoms with Crippen molar-refractivity contribution in [3.63, 3.8) is 0 Å². The molecule has 3 nitrogen and oxygen atoms in total. The zero-order valence-corrected chi connectivity index (χ0v) is 17.9. The van der Waals surface area contributed by atoms with Gasteiger partial charge in [-0.25, -0.2) is 0 Å². The summed E-state index contributed by atoms with van der Waals surface area (Å²) < 4.78 is 12.0. The van der Waals surface area contributed by atoms with Crippen molar-refractivity contribution in [2.45, 2.75) is 83.2 Å². The zero-order chi connectivity index (χ0) is 18.9. The topological polar surface area (TPSA) is 35.5 Å². The van der Waals surface area contributed by atoms with E-state index >= 15 is 0 Å². The first kappa shape index (κ1) is 18.5. The van der Waals surface area contributed by atoms with Gasteiger partial charge in [-0.1, -0.05) is 25.5 Å². The Morgan fingerprint density at radius 3 is 2.74 bits per heavy atom. The van der Waals surface area contributed by atoms with Gasteiger partial charge in [-0.15, -0.1) is 11.8 Å². The van der Waals surface area contributed by atoms with Crippen LogP contribution in [-0.4, -0.2) is 29.4 Å². The summed E-state index contributed by atoms with van der Waals surface area (Å²) in [7, 11) is 0. The number of thioether (sulfide) groups is 1. The van der Waals surface area contributed by atoms with Crippen molar-refractivity contribution in [2.75, 3.05) is 12.4 Å². The van der Waals surface area contributed by atoms with Gasteiger partial charge in [-0.3, -0.25) is 4.79 Å². The summed E-state index contributed by atoms with van der Waals surface area (Å²) in [5, 5.41) is 0. The fourth-order valence-electron chi connectivity index (χ4n) is 7.85. The molecule has 1 heterocycles. The zero-order valence-electron chi connectivity index (χ0n) is 17.1. The molecule has 4 fully saturated rings. The number of ether oxygens (including phenoxy) is 2. The lowest BCUT2D eigenvalue weighted by Gasteiger charge is -2.59. The summed E-state index contributed by atoms with van der Waals surface area (Å²) in [6, 6.07) is 0. The van der Waals surface area contributed by atoms with Gasteiger partial charge in [0, 0.05) is 24.5 Å². The summed E-state index contributed by atoms with van der Waals surface area (Å²) in [4.78, 5) is 11.5. The van der Waals surface area contributed by atoms with Crippen molar-refractivity contribution in [3.8, 4) is 0 Å². The average molecular weight is 391 g/mol. The van der Waals surface area contributed by atoms with Crippen LogP contribution in [0.2, 0.25) is 0 Å². The van der Waals surface area contributed by atoms with E-state index in [1.807, 2.05) is 0 Å². The van der Waals surface area contributed by atoms with Crippen molar-refractivity contribution in [3.05, 3.63) is 11.6 Å². The van der Waals surface area contributed by atoms with Gasteiger partial charge in [0.2, 0.25) is 0 Å². The molecule has 0 aromatic carbocycles. The van der Waals surface area contributed by atoms with Crippen molar-refractivity contribution in [1.29, 1.82) is 0 Å². The normalized spacial score (nSPS) is 51.3. The quantitative estimate of drug-likeness (QED) is 0.447. The molecule has 4 aliphatic carbocycles. The lowest BCUT2D eigenvalue weighted by Crippen LogP contribution is -2.53. The van der Waals surface area contributed by atoms with Crippen LogP contribution < -0.4 is 0 Å². The number of hydrogen-bond donors (Lipinski definition) is 0. The second-order valence-corrected chi connectivity index (χ2v) is 11.5. The molecule has 1 aliphatic heterocycles. The summed E-state index contributed by atoms with van der Waals surface area (Å²) in [5.41, 5.74) is 2.26. The Labute approximate surface area is 168 Å². The van der Waals surface area contributed by atoms with E-state index < -0.39 is 0 Å². The number of fused-ring (bicyclic) bond motifs is 6. The second kappa shape index (κ2) is 6.26. The van der Waals surface area contributed by atoms with E-state index in [1.54, 1.807) is 12.5 Å². The molecular formula is C23H34O3S. The van der Waals surface area contributed by atoms with Gasteiger partial charge in [0.25, 0.3) is 0 Å². The molecule has 0 N–H and O–H groups in total. The monoisotopic (exact) mass is 390 g/mol. The Bertz CT molecular complexity index is 667. The Morgan fingerprint density at radius 2 is 2.00 bits per heavy atom. The number of hydrogen-bond acceptors (Lipinski definition) is 4. The fraction of sp³-hybridized carbons (Fsp3) is 0.870. The molecule has 0 unspecified atom stereocenters. The average Bonchev–Trinajstić information content (AvgIpc) is 3.21. The van der Waals surface area contributed by atoms with Crippen LogP contribution in [-0.2, 0) is 14.3 Å². The highest BCUT2D eigenvalue weighted by atomic mass is 32.2. The summed E-state index contributed by atoms with van der Waals surface area (Å²) >= 11 is 2.12. The predicted octanol–water partition coefficient (Wildman–Crippen LogP) is 5.34. The van der Waals surface area contributed by atoms with Crippen molar-refractivity contribution in [2.24, 2.45) is 28.6 Å². The maximum absolute atomic E-state index is 11.4. The van der Waals surface area contributed by atoms with Gasteiger partial charge in [-0.2, -0.15) is 0 Å². The van der Waals surface area contributed by atoms with Gasteiger partial charge in [-0.05, 0) is 68.1 Å². The summed E-state index contributed by atoms with van der Waals surface area (Å²) in [5.74, 6) is 3.47. The first-order valence-corrected chi connectivity index (χ1v) is 12.0. The molecule has 0 aromatic heterocycles. The van der Waals surface area contributed by atoms with E-state index in [9.17, 15) is 4.79 Å². The van der Waals surface area contributed by atoms with Crippen LogP contribution in [0.5, 0.6) is 0 Å². The molecule has 1 saturated heterocycles. The lowest BCUT2D eigenvalue weighted by atomic mass is 9.48. The first-order chi connectivity index (χ1) is 12.9. The smallest absolute Gasteiger partial charge is 0.302 e. The van der Waals surface area contributed by atoms with Crippen LogP contribution in [0.1, 0.15) is 72.1 Å². The predicted molar refractivity (Wildman–Crippen MR) is 108 cm³/mol. The Hall–Kier alpha value is -0.480. The third-order valence-corrected chi connectivity index (χ3v) is 10.8. The maximum atomic E-state index is 11.4. The highest BCUT2D eigenvalue weighted by molar-refractivity contribution is 8.00. The fourth-order valence-corrected chi connectivity index (χ4v) is 9.36. The van der Waals surface area contributed by atoms with Gasteiger partial charge in [0.1, 0.15) is 11.0 Å². The molecule has 3 saturated carbocycles. The molecular weight excluding hydrogens is 356 g/mol. The lowest BCUT2D eigenvalue weighted by molar-refractivity contribution is -0.149. The van der Waals surface area contributed by atoms with Crippen LogP contribution in [0, 0.1) is 28.6 Å². The van der Waals surface area contributed by atoms with Gasteiger partial charge < -0.3 is 9.47 Å². The van der Waals surface area contributed by atoms with E-state index in [1.165, 1.54) is 44.3 Å². The maximum Gasteiger partial charge on any atom is 0.302 e. The molecule has 0 amide bonds. The standard InChI is InChI=1S/C23H34O3S/c1-15(24)26-17-6-9-21(2)16(14-17)4-5-18-19(21)7-10-22(3)20(18)8-11-23(22)25-12-13-27-23/h4,17-20H,5-14H2,1-3H3/t17-,18-,19+,20+,21+,22+,23-/m1/s1. The molecule has 0 aromatic rings. The van der Waals surface area contributed by atoms with Crippen molar-refractivity contribution < 1.29 is 14.3 Å². The first-order valence-electron chi connectivity index (χ1n) is 11.0. The molecule has 1 spiro atoms. The van der Waals surface area contributed by atoms with Crippen molar-refractivity contribution in [1.82, 2.24) is 0 Å². The van der Waals surface area contributed by atoms with E-state index in [0.29, 0.717) is 10.8 Å². The van der Waals surface area contributed by atoms with Crippen LogP contribution in [0.25, 0.3) is 0 Å². The van der Waals surface area contributed by atoms with E-state index in [0.717, 1.165) is 37.2 Å². The SMILES string of the molecule is CC(=O)O[C@@H]1CC[C@@]2(C)C(=CC[C@@H]3[C@@H]2CC[C@@]2(C)[C@H]3CC[C@]23OCCS3)C1. The third-order valence-electron chi connectivity index (χ3n) is 9.19. The molecule has 5 aliphatic rings. The van der Waals surface area contributed by atoms with Gasteiger partial charge in [0.15, 0.2) is 0 Å². The highest BCUT2D eigenvalue weighted by Gasteiger charge is 2.65. The minimum atomic E-state index is -0.128. The molecule has 7 atom stereocenters. The molecule has 150 valence electrons. The number of allylic oxidation sites excluding steroid dienone is 1. The number of esters is 1. The molecule has 0 radical (unpaired) electrons. The number of carbonyl (C=O) groups is 1. The largest absolute Gasteiger partial charge is 0.462 e. The van der Waals surface area contributed by atoms with E-state index in [-0.39, 0.29) is 17.0 Å². The Kier molecular flexibility index (Phi) is 4.30. The van der Waals surface area contributed by atoms with Crippen LogP contribution in [0.4, 0.5) is 0 Å². The molecule has 5 rings (SSSR count). The molecule has 27 heavy (non-hydrogen) atoms. The second-order valence-electron chi connectivity index (χ2n) is 10.2. The summed E-state index contributed by atoms with van der Waals surface area (Å²) in [6.07, 6.45) is 12.3. The van der Waals surface area contributed by atoms with E-state index in [2.05, 4.69) is 31.7 Å². The highest BCUT2D eigenvalue weighted by Crippen LogP contribution is 2.70. The summed E-state index contributed by atoms with van der Waals surface area (Å²) in [6.45, 7) is 7.56. The van der Waals surface area contributed by atoms with Crippen LogP contribution in [0.15, 0.2) is 11.6 Å².